The molecule has 0 aliphatic carbocycles. The molecule has 2 aromatic carbocycles. The third-order valence-electron chi connectivity index (χ3n) is 3.49. The molecule has 0 spiro atoms. The molecule has 2 aromatic rings. The van der Waals surface area contributed by atoms with Crippen LogP contribution in [0.4, 0.5) is 0 Å². The highest BCUT2D eigenvalue weighted by molar-refractivity contribution is 8.00. The molecule has 1 unspecified atom stereocenters. The summed E-state index contributed by atoms with van der Waals surface area (Å²) in [6, 6.07) is 21.5. The molecule has 0 radical (unpaired) electrons. The van der Waals surface area contributed by atoms with Crippen LogP contribution < -0.4 is 0 Å². The quantitative estimate of drug-likeness (QED) is 0.752. The molecule has 19 heavy (non-hydrogen) atoms. The molecule has 1 fully saturated rings. The topological polar surface area (TPSA) is 0 Å². The van der Waals surface area contributed by atoms with Gasteiger partial charge in [-0.15, -0.1) is 0 Å². The van der Waals surface area contributed by atoms with E-state index in [9.17, 15) is 0 Å². The number of hydrogen-bond acceptors (Lipinski definition) is 1. The Morgan fingerprint density at radius 1 is 0.895 bits per heavy atom. The third kappa shape index (κ3) is 3.10. The van der Waals surface area contributed by atoms with Crippen molar-refractivity contribution in [3.63, 3.8) is 0 Å². The Labute approximate surface area is 119 Å². The minimum absolute atomic E-state index is 0.676. The second kappa shape index (κ2) is 6.12. The number of benzene rings is 2. The van der Waals surface area contributed by atoms with E-state index in [4.69, 9.17) is 0 Å². The zero-order valence-corrected chi connectivity index (χ0v) is 11.8. The van der Waals surface area contributed by atoms with Gasteiger partial charge in [-0.3, -0.25) is 0 Å². The Morgan fingerprint density at radius 3 is 1.95 bits per heavy atom. The van der Waals surface area contributed by atoms with Crippen molar-refractivity contribution in [3.8, 4) is 0 Å². The molecule has 0 N–H and O–H groups in total. The van der Waals surface area contributed by atoms with Crippen LogP contribution in [0.1, 0.15) is 24.0 Å². The van der Waals surface area contributed by atoms with E-state index in [1.54, 1.807) is 0 Å². The summed E-state index contributed by atoms with van der Waals surface area (Å²) in [6.07, 6.45) is 5.12. The van der Waals surface area contributed by atoms with Crippen LogP contribution in [0.15, 0.2) is 66.7 Å². The first-order chi connectivity index (χ1) is 9.43. The lowest BCUT2D eigenvalue weighted by atomic mass is 9.96. The summed E-state index contributed by atoms with van der Waals surface area (Å²) in [5, 5.41) is 0.676. The van der Waals surface area contributed by atoms with Crippen molar-refractivity contribution in [2.75, 3.05) is 5.75 Å². The van der Waals surface area contributed by atoms with Gasteiger partial charge in [0.1, 0.15) is 0 Å². The molecule has 0 aromatic heterocycles. The Balaban J connectivity index is 2.01. The lowest BCUT2D eigenvalue weighted by Crippen LogP contribution is -1.95. The van der Waals surface area contributed by atoms with Crippen LogP contribution in [0.2, 0.25) is 0 Å². The average Bonchev–Trinajstić information content (AvgIpc) is 3.00. The minimum Gasteiger partial charge on any atom is -0.154 e. The molecule has 0 amide bonds. The van der Waals surface area contributed by atoms with Gasteiger partial charge in [-0.25, -0.2) is 0 Å². The summed E-state index contributed by atoms with van der Waals surface area (Å²) in [6.45, 7) is 0. The first kappa shape index (κ1) is 12.6. The van der Waals surface area contributed by atoms with Gasteiger partial charge < -0.3 is 0 Å². The second-order valence-corrected chi connectivity index (χ2v) is 6.21. The van der Waals surface area contributed by atoms with Gasteiger partial charge in [0.05, 0.1) is 0 Å². The SMILES string of the molecule is C(=C(c1ccccc1)c1ccccc1)C1CCCS1. The third-order valence-corrected chi connectivity index (χ3v) is 4.81. The van der Waals surface area contributed by atoms with Crippen molar-refractivity contribution in [2.24, 2.45) is 0 Å². The van der Waals surface area contributed by atoms with Crippen LogP contribution in [-0.2, 0) is 0 Å². The lowest BCUT2D eigenvalue weighted by Gasteiger charge is -2.11. The molecular formula is C18H18S. The van der Waals surface area contributed by atoms with Crippen molar-refractivity contribution < 1.29 is 0 Å². The first-order valence-electron chi connectivity index (χ1n) is 6.88. The fourth-order valence-corrected chi connectivity index (χ4v) is 3.72. The van der Waals surface area contributed by atoms with Crippen molar-refractivity contribution in [3.05, 3.63) is 77.9 Å². The van der Waals surface area contributed by atoms with Crippen LogP contribution in [-0.4, -0.2) is 11.0 Å². The van der Waals surface area contributed by atoms with Crippen LogP contribution >= 0.6 is 11.8 Å². The van der Waals surface area contributed by atoms with E-state index in [1.165, 1.54) is 35.3 Å². The number of thioether (sulfide) groups is 1. The predicted molar refractivity (Wildman–Crippen MR) is 85.4 cm³/mol. The molecule has 1 atom stereocenters. The Morgan fingerprint density at radius 2 is 1.47 bits per heavy atom. The van der Waals surface area contributed by atoms with Gasteiger partial charge in [-0.05, 0) is 35.3 Å². The molecule has 1 aliphatic heterocycles. The van der Waals surface area contributed by atoms with Crippen LogP contribution in [0.25, 0.3) is 5.57 Å². The largest absolute Gasteiger partial charge is 0.154 e. The van der Waals surface area contributed by atoms with E-state index in [2.05, 4.69) is 78.5 Å². The van der Waals surface area contributed by atoms with Gasteiger partial charge in [0, 0.05) is 5.25 Å². The van der Waals surface area contributed by atoms with E-state index in [0.29, 0.717) is 5.25 Å². The van der Waals surface area contributed by atoms with Crippen molar-refractivity contribution in [1.82, 2.24) is 0 Å². The molecule has 1 heterocycles. The van der Waals surface area contributed by atoms with E-state index < -0.39 is 0 Å². The van der Waals surface area contributed by atoms with Crippen molar-refractivity contribution >= 4 is 17.3 Å². The van der Waals surface area contributed by atoms with E-state index in [1.807, 2.05) is 0 Å². The molecule has 1 heteroatoms. The van der Waals surface area contributed by atoms with Gasteiger partial charge >= 0.3 is 0 Å². The summed E-state index contributed by atoms with van der Waals surface area (Å²) in [5.74, 6) is 1.30. The maximum atomic E-state index is 2.46. The minimum atomic E-state index is 0.676. The van der Waals surface area contributed by atoms with Gasteiger partial charge in [-0.2, -0.15) is 11.8 Å². The zero-order valence-electron chi connectivity index (χ0n) is 11.0. The van der Waals surface area contributed by atoms with E-state index in [0.717, 1.165) is 0 Å². The maximum absolute atomic E-state index is 2.46. The van der Waals surface area contributed by atoms with E-state index >= 15 is 0 Å². The smallest absolute Gasteiger partial charge is 0.0236 e. The fourth-order valence-electron chi connectivity index (χ4n) is 2.51. The van der Waals surface area contributed by atoms with Crippen molar-refractivity contribution in [1.29, 1.82) is 0 Å². The van der Waals surface area contributed by atoms with Crippen LogP contribution in [0.3, 0.4) is 0 Å². The van der Waals surface area contributed by atoms with Gasteiger partial charge in [-0.1, -0.05) is 66.7 Å². The highest BCUT2D eigenvalue weighted by Gasteiger charge is 2.15. The normalized spacial score (nSPS) is 18.2. The summed E-state index contributed by atoms with van der Waals surface area (Å²) in [5.41, 5.74) is 4.02. The first-order valence-corrected chi connectivity index (χ1v) is 7.92. The lowest BCUT2D eigenvalue weighted by molar-refractivity contribution is 0.881. The maximum Gasteiger partial charge on any atom is 0.0236 e. The molecule has 0 nitrogen and oxygen atoms in total. The summed E-state index contributed by atoms with van der Waals surface area (Å²) in [4.78, 5) is 0. The molecule has 96 valence electrons. The number of rotatable bonds is 3. The Kier molecular flexibility index (Phi) is 4.04. The molecular weight excluding hydrogens is 248 g/mol. The Hall–Kier alpha value is -1.47. The second-order valence-electron chi connectivity index (χ2n) is 4.86. The van der Waals surface area contributed by atoms with E-state index in [-0.39, 0.29) is 0 Å². The molecule has 0 bridgehead atoms. The summed E-state index contributed by atoms with van der Waals surface area (Å²) in [7, 11) is 0. The molecule has 1 aliphatic rings. The van der Waals surface area contributed by atoms with Gasteiger partial charge in [0.15, 0.2) is 0 Å². The highest BCUT2D eigenvalue weighted by Crippen LogP contribution is 2.32. The fraction of sp³-hybridized carbons (Fsp3) is 0.222. The summed E-state index contributed by atoms with van der Waals surface area (Å²) < 4.78 is 0. The zero-order chi connectivity index (χ0) is 12.9. The molecule has 1 saturated heterocycles. The van der Waals surface area contributed by atoms with Crippen molar-refractivity contribution in [2.45, 2.75) is 18.1 Å². The standard InChI is InChI=1S/C18H18S/c1-3-8-15(9-4-1)18(14-17-12-7-13-19-17)16-10-5-2-6-11-16/h1-6,8-11,14,17H,7,12-13H2. The molecule has 3 rings (SSSR count). The average molecular weight is 266 g/mol. The highest BCUT2D eigenvalue weighted by atomic mass is 32.2. The van der Waals surface area contributed by atoms with Crippen LogP contribution in [0, 0.1) is 0 Å². The number of hydrogen-bond donors (Lipinski definition) is 0. The van der Waals surface area contributed by atoms with Gasteiger partial charge in [0.2, 0.25) is 0 Å². The monoisotopic (exact) mass is 266 g/mol. The predicted octanol–water partition coefficient (Wildman–Crippen LogP) is 5.01. The Bertz CT molecular complexity index is 495. The van der Waals surface area contributed by atoms with Crippen LogP contribution in [0.5, 0.6) is 0 Å². The molecule has 0 saturated carbocycles. The van der Waals surface area contributed by atoms with Gasteiger partial charge in [0.25, 0.3) is 0 Å². The summed E-state index contributed by atoms with van der Waals surface area (Å²) >= 11 is 2.08.